The maximum atomic E-state index is 4.89. The minimum absolute atomic E-state index is 0.556. The third kappa shape index (κ3) is 8.49. The molecule has 0 spiro atoms. The molecule has 1 aliphatic carbocycles. The van der Waals surface area contributed by atoms with Crippen molar-refractivity contribution in [1.82, 2.24) is 0 Å². The molecule has 4 heteroatoms. The first-order valence-corrected chi connectivity index (χ1v) is 10.4. The van der Waals surface area contributed by atoms with Crippen molar-refractivity contribution in [2.24, 2.45) is 0 Å². The molecule has 1 heterocycles. The second-order valence-electron chi connectivity index (χ2n) is 3.57. The average Bonchev–Trinajstić information content (AvgIpc) is 2.91. The molecule has 10 radical (unpaired) electrons. The van der Waals surface area contributed by atoms with Gasteiger partial charge in [-0.3, -0.25) is 0 Å². The Balaban J connectivity index is 0.000000270. The third-order valence-corrected chi connectivity index (χ3v) is 3.88. The molecule has 0 N–H and O–H groups in total. The predicted octanol–water partition coefficient (Wildman–Crippen LogP) is 5.64. The van der Waals surface area contributed by atoms with E-state index in [0.29, 0.717) is 0 Å². The molecule has 0 nitrogen and oxygen atoms in total. The van der Waals surface area contributed by atoms with Crippen molar-refractivity contribution in [2.45, 2.75) is 27.7 Å². The summed E-state index contributed by atoms with van der Waals surface area (Å²) >= 11 is -0.556. The fourth-order valence-corrected chi connectivity index (χ4v) is 2.46. The van der Waals surface area contributed by atoms with E-state index >= 15 is 0 Å². The van der Waals surface area contributed by atoms with Gasteiger partial charge < -0.3 is 0 Å². The van der Waals surface area contributed by atoms with Gasteiger partial charge in [0.15, 0.2) is 0 Å². The van der Waals surface area contributed by atoms with Crippen molar-refractivity contribution in [2.75, 3.05) is 0 Å². The van der Waals surface area contributed by atoms with Gasteiger partial charge in [0, 0.05) is 11.3 Å². The summed E-state index contributed by atoms with van der Waals surface area (Å²) in [4.78, 5) is 0. The van der Waals surface area contributed by atoms with Crippen LogP contribution in [0.25, 0.3) is 0 Å². The topological polar surface area (TPSA) is 0 Å². The van der Waals surface area contributed by atoms with Crippen LogP contribution in [0.3, 0.4) is 0 Å². The molecule has 1 aliphatic heterocycles. The zero-order valence-corrected chi connectivity index (χ0v) is 14.6. The van der Waals surface area contributed by atoms with Crippen LogP contribution in [0.15, 0.2) is 0 Å². The van der Waals surface area contributed by atoms with E-state index in [4.69, 9.17) is 18.6 Å². The summed E-state index contributed by atoms with van der Waals surface area (Å²) in [5.41, 5.74) is 3.04. The molecular weight excluding hydrogens is 306 g/mol. The molecule has 2 rings (SSSR count). The number of hydrogen-bond acceptors (Lipinski definition) is 0. The van der Waals surface area contributed by atoms with E-state index in [0.717, 1.165) is 0 Å². The first-order valence-electron chi connectivity index (χ1n) is 5.24. The van der Waals surface area contributed by atoms with E-state index in [2.05, 4.69) is 27.7 Å². The van der Waals surface area contributed by atoms with Crippen LogP contribution in [0.2, 0.25) is 0 Å². The van der Waals surface area contributed by atoms with Gasteiger partial charge in [-0.25, -0.2) is 0 Å². The van der Waals surface area contributed by atoms with Crippen molar-refractivity contribution in [3.63, 3.8) is 0 Å². The molecule has 1 saturated heterocycles. The number of hydrogen-bond donors (Lipinski definition) is 0. The minimum atomic E-state index is -0.556. The molecule has 92 valence electrons. The molecule has 2 aliphatic rings. The van der Waals surface area contributed by atoms with Crippen molar-refractivity contribution >= 4 is 27.2 Å². The van der Waals surface area contributed by atoms with Crippen molar-refractivity contribution in [1.29, 1.82) is 0 Å². The fraction of sp³-hybridized carbons (Fsp3) is 0.308. The Morgan fingerprint density at radius 2 is 1.00 bits per heavy atom. The van der Waals surface area contributed by atoms with Gasteiger partial charge in [-0.15, -0.1) is 0 Å². The first-order chi connectivity index (χ1) is 8.04. The summed E-state index contributed by atoms with van der Waals surface area (Å²) in [7, 11) is 11.2. The van der Waals surface area contributed by atoms with Crippen LogP contribution >= 0.6 is 27.2 Å². The first kappa shape index (κ1) is 18.7. The molecule has 0 atom stereocenters. The predicted molar refractivity (Wildman–Crippen MR) is 75.8 cm³/mol. The van der Waals surface area contributed by atoms with Crippen molar-refractivity contribution in [3.8, 4) is 0 Å². The van der Waals surface area contributed by atoms with Gasteiger partial charge in [0.1, 0.15) is 0 Å². The Hall–Kier alpha value is 1.72. The Bertz CT molecular complexity index is 157. The van der Waals surface area contributed by atoms with E-state index in [1.54, 1.807) is 0 Å². The van der Waals surface area contributed by atoms with E-state index in [1.807, 2.05) is 32.1 Å². The summed E-state index contributed by atoms with van der Waals surface area (Å²) in [6, 6.07) is 0. The Kier molecular flexibility index (Phi) is 12.7. The van der Waals surface area contributed by atoms with E-state index in [1.165, 1.54) is 31.7 Å². The second-order valence-corrected chi connectivity index (χ2v) is 7.71. The molecule has 17 heavy (non-hydrogen) atoms. The third-order valence-electron chi connectivity index (χ3n) is 2.54. The van der Waals surface area contributed by atoms with Gasteiger partial charge in [0.25, 0.3) is 0 Å². The van der Waals surface area contributed by atoms with E-state index in [-0.39, 0.29) is 0 Å². The van der Waals surface area contributed by atoms with Crippen LogP contribution in [0.1, 0.15) is 27.7 Å². The molecule has 2 fully saturated rings. The fourth-order valence-electron chi connectivity index (χ4n) is 1.28. The van der Waals surface area contributed by atoms with Gasteiger partial charge >= 0.3 is 35.6 Å². The Morgan fingerprint density at radius 3 is 1.12 bits per heavy atom. The maximum absolute atomic E-state index is 4.89. The molecule has 0 bridgehead atoms. The van der Waals surface area contributed by atoms with Crippen LogP contribution in [-0.2, 0) is 17.0 Å². The summed E-state index contributed by atoms with van der Waals surface area (Å²) in [5, 5.41) is 0. The standard InChI is InChI=1S/C8H12P.C5H5.2ClH.Ti/c1-5-6(2)8(4)9-7(5)3;1-2-4-5-3-1;;;/h1-4H3;1-5H;2*1H;/q;;;;+2/p-2. The normalized spacial score (nSPS) is 22.7. The van der Waals surface area contributed by atoms with Gasteiger partial charge in [-0.1, -0.05) is 36.3 Å². The zero-order valence-electron chi connectivity index (χ0n) is 10.6. The monoisotopic (exact) mass is 322 g/mol. The molecular formula is C13H17Cl2PTi. The van der Waals surface area contributed by atoms with Crippen molar-refractivity contribution in [3.05, 3.63) is 55.3 Å². The quantitative estimate of drug-likeness (QED) is 0.400. The summed E-state index contributed by atoms with van der Waals surface area (Å²) < 4.78 is 0. The summed E-state index contributed by atoms with van der Waals surface area (Å²) in [6.07, 6.45) is 10.0. The Morgan fingerprint density at radius 1 is 0.765 bits per heavy atom. The van der Waals surface area contributed by atoms with Gasteiger partial charge in [0.2, 0.25) is 0 Å². The van der Waals surface area contributed by atoms with E-state index in [9.17, 15) is 0 Å². The molecule has 0 aromatic heterocycles. The number of halogens is 2. The van der Waals surface area contributed by atoms with Crippen LogP contribution in [0, 0.1) is 55.3 Å². The van der Waals surface area contributed by atoms with Crippen LogP contribution < -0.4 is 0 Å². The zero-order chi connectivity index (χ0) is 13.3. The van der Waals surface area contributed by atoms with E-state index < -0.39 is 17.0 Å². The molecule has 0 aromatic carbocycles. The Labute approximate surface area is 126 Å². The summed E-state index contributed by atoms with van der Waals surface area (Å²) in [6.45, 7) is 8.82. The van der Waals surface area contributed by atoms with Crippen LogP contribution in [0.5, 0.6) is 0 Å². The average molecular weight is 323 g/mol. The molecule has 0 aromatic rings. The van der Waals surface area contributed by atoms with Crippen LogP contribution in [-0.4, -0.2) is 0 Å². The van der Waals surface area contributed by atoms with Crippen molar-refractivity contribution < 1.29 is 17.0 Å². The van der Waals surface area contributed by atoms with Gasteiger partial charge in [-0.05, 0) is 43.9 Å². The molecule has 0 amide bonds. The van der Waals surface area contributed by atoms with Gasteiger partial charge in [0.05, 0.1) is 0 Å². The molecule has 1 saturated carbocycles. The van der Waals surface area contributed by atoms with Crippen LogP contribution in [0.4, 0.5) is 0 Å². The van der Waals surface area contributed by atoms with Gasteiger partial charge in [-0.2, -0.15) is 0 Å². The SMILES string of the molecule is C[C]1[P][C](C)[C](C)[C]1C.[CH]1[CH][CH][CH][CH]1.[Cl][Ti][Cl]. The second kappa shape index (κ2) is 11.5. The molecule has 0 unspecified atom stereocenters. The number of rotatable bonds is 0. The summed E-state index contributed by atoms with van der Waals surface area (Å²) in [5.74, 6) is 2.99.